The number of hydrogen-bond acceptors (Lipinski definition) is 4. The van der Waals surface area contributed by atoms with Crippen LogP contribution in [0.4, 0.5) is 0 Å². The molecule has 0 aromatic rings. The second-order valence-electron chi connectivity index (χ2n) is 27.6. The maximum atomic E-state index is 7.14. The van der Waals surface area contributed by atoms with Gasteiger partial charge >= 0.3 is 0 Å². The third-order valence-electron chi connectivity index (χ3n) is 23.3. The lowest BCUT2D eigenvalue weighted by molar-refractivity contribution is -0.0512. The van der Waals surface area contributed by atoms with Crippen LogP contribution in [-0.2, 0) is 9.47 Å². The average molecular weight is 1100 g/mol. The van der Waals surface area contributed by atoms with Gasteiger partial charge in [0.1, 0.15) is 6.10 Å². The first kappa shape index (κ1) is 56.6. The van der Waals surface area contributed by atoms with Gasteiger partial charge in [0.2, 0.25) is 0 Å². The van der Waals surface area contributed by atoms with Crippen molar-refractivity contribution in [3.63, 3.8) is 0 Å². The van der Waals surface area contributed by atoms with Crippen LogP contribution in [0.2, 0.25) is 0 Å². The van der Waals surface area contributed by atoms with Crippen LogP contribution in [0.1, 0.15) is 194 Å². The van der Waals surface area contributed by atoms with Crippen molar-refractivity contribution in [2.75, 3.05) is 0 Å². The molecule has 12 aliphatic carbocycles. The van der Waals surface area contributed by atoms with Gasteiger partial charge in [-0.1, -0.05) is 208 Å². The Bertz CT molecular complexity index is 2800. The van der Waals surface area contributed by atoms with Crippen molar-refractivity contribution >= 4 is 0 Å². The van der Waals surface area contributed by atoms with Gasteiger partial charge in [0.05, 0.1) is 18.0 Å². The van der Waals surface area contributed by atoms with Gasteiger partial charge < -0.3 is 9.47 Å². The molecule has 14 unspecified atom stereocenters. The number of ether oxygens (including phenoxy) is 2. The van der Waals surface area contributed by atoms with Crippen LogP contribution < -0.4 is 0 Å². The van der Waals surface area contributed by atoms with E-state index in [0.29, 0.717) is 84.0 Å². The monoisotopic (exact) mass is 1100 g/mol. The number of hydrogen-bond donors (Lipinski definition) is 0. The zero-order valence-corrected chi connectivity index (χ0v) is 50.7. The SMILES string of the molecule is C=CC1=CCC(OC2=CC=C(C3(C4CCC(OC(CC)CCCCCC)CC4)C4=C(C=CC(N(C5C=CC(C6=CC7C8=CC=CCC8N(C8CC=CCC8)C7CC6)CC5)C5CCC=C(C6C=CC=CC6)C5)C4)C4C=CC=CC43)CC2)CC1. The van der Waals surface area contributed by atoms with Gasteiger partial charge in [-0.05, 0) is 170 Å². The molecule has 0 amide bonds. The highest BCUT2D eigenvalue weighted by molar-refractivity contribution is 5.55. The van der Waals surface area contributed by atoms with Crippen LogP contribution in [-0.4, -0.2) is 64.4 Å². The molecular formula is C78H102N2O2. The van der Waals surface area contributed by atoms with Gasteiger partial charge in [-0.2, -0.15) is 0 Å². The van der Waals surface area contributed by atoms with Crippen molar-refractivity contribution in [1.82, 2.24) is 9.80 Å². The van der Waals surface area contributed by atoms with Crippen LogP contribution in [0.25, 0.3) is 0 Å². The number of rotatable bonds is 19. The number of likely N-dealkylation sites (tertiary alicyclic amines) is 1. The highest BCUT2D eigenvalue weighted by atomic mass is 16.5. The number of allylic oxidation sites excluding steroid dienone is 22. The molecule has 1 aliphatic heterocycles. The van der Waals surface area contributed by atoms with Gasteiger partial charge in [0.15, 0.2) is 0 Å². The lowest BCUT2D eigenvalue weighted by Crippen LogP contribution is -2.51. The summed E-state index contributed by atoms with van der Waals surface area (Å²) in [4.78, 5) is 6.17. The minimum atomic E-state index is -0.0264. The summed E-state index contributed by atoms with van der Waals surface area (Å²) in [6.45, 7) is 8.76. The van der Waals surface area contributed by atoms with Crippen LogP contribution in [0, 0.1) is 40.9 Å². The maximum Gasteiger partial charge on any atom is 0.102 e. The Kier molecular flexibility index (Phi) is 18.0. The number of nitrogens with zero attached hydrogens (tertiary/aromatic N) is 2. The Morgan fingerprint density at radius 2 is 1.57 bits per heavy atom. The Balaban J connectivity index is 0.814. The first-order valence-electron chi connectivity index (χ1n) is 34.3. The minimum absolute atomic E-state index is 0.0264. The zero-order valence-electron chi connectivity index (χ0n) is 50.7. The van der Waals surface area contributed by atoms with Gasteiger partial charge in [-0.25, -0.2) is 0 Å². The largest absolute Gasteiger partial charge is 0.494 e. The Morgan fingerprint density at radius 3 is 2.35 bits per heavy atom. The van der Waals surface area contributed by atoms with E-state index in [4.69, 9.17) is 9.47 Å². The molecule has 13 aliphatic rings. The quantitative estimate of drug-likeness (QED) is 0.0951. The summed E-state index contributed by atoms with van der Waals surface area (Å²) in [5.41, 5.74) is 11.6. The van der Waals surface area contributed by atoms with Gasteiger partial charge in [-0.3, -0.25) is 9.80 Å². The summed E-state index contributed by atoms with van der Waals surface area (Å²) in [5.74, 6) is 4.28. The molecule has 0 bridgehead atoms. The number of fused-ring (bicyclic) bond motifs is 5. The molecule has 436 valence electrons. The zero-order chi connectivity index (χ0) is 55.4. The summed E-state index contributed by atoms with van der Waals surface area (Å²) < 4.78 is 14.0. The molecule has 2 fully saturated rings. The molecule has 1 saturated carbocycles. The van der Waals surface area contributed by atoms with Crippen LogP contribution >= 0.6 is 0 Å². The second kappa shape index (κ2) is 26.0. The number of unbranched alkanes of at least 4 members (excludes halogenated alkanes) is 3. The smallest absolute Gasteiger partial charge is 0.102 e. The standard InChI is InChI=1S/C78H102N2O2/c1-4-7-8-15-27-66(6-3)81-68-46-37-60(38-47-68)78(61-39-48-69(49-40-61)82-67-44-32-55(5-2)33-45-67)74-30-18-16-28-70(74)71-50-43-65(54-75(71)78)79(64-26-20-23-58(52-64)56-21-11-9-12-22-56)63-41-34-57(35-42-63)59-36-51-77-73(53-59)72-29-17-19-31-76(72)80(77)62-24-13-10-14-25-62/h5,9-13,16-19,21,23,28-30,32,34,39,41,43,48,50,53,56-57,60,62-68,70,73-74,76-77H,2,4,6-8,14-15,20,22,24-27,31,33,35-38,40,42,44-47,49,51-52,54H2,1,3H3. The summed E-state index contributed by atoms with van der Waals surface area (Å²) in [5, 5.41) is 0. The topological polar surface area (TPSA) is 24.9 Å². The van der Waals surface area contributed by atoms with E-state index >= 15 is 0 Å². The summed E-state index contributed by atoms with van der Waals surface area (Å²) in [6.07, 6.45) is 92.4. The fourth-order valence-corrected chi connectivity index (χ4v) is 19.3. The van der Waals surface area contributed by atoms with E-state index in [-0.39, 0.29) is 11.5 Å². The third kappa shape index (κ3) is 11.4. The average Bonchev–Trinajstić information content (AvgIpc) is 4.26. The van der Waals surface area contributed by atoms with Crippen molar-refractivity contribution in [1.29, 1.82) is 0 Å². The predicted molar refractivity (Wildman–Crippen MR) is 343 cm³/mol. The summed E-state index contributed by atoms with van der Waals surface area (Å²) >= 11 is 0. The molecule has 1 saturated heterocycles. The van der Waals surface area contributed by atoms with Crippen LogP contribution in [0.3, 0.4) is 0 Å². The lowest BCUT2D eigenvalue weighted by Gasteiger charge is -2.52. The van der Waals surface area contributed by atoms with Gasteiger partial charge in [-0.15, -0.1) is 0 Å². The van der Waals surface area contributed by atoms with Gasteiger partial charge in [0, 0.05) is 78.2 Å². The van der Waals surface area contributed by atoms with E-state index in [1.807, 2.05) is 6.08 Å². The second-order valence-corrected chi connectivity index (χ2v) is 27.6. The molecule has 0 spiro atoms. The fraction of sp³-hybridized carbons (Fsp3) is 0.590. The van der Waals surface area contributed by atoms with E-state index in [1.54, 1.807) is 33.4 Å². The molecule has 0 aromatic heterocycles. The van der Waals surface area contributed by atoms with E-state index in [1.165, 1.54) is 140 Å². The normalized spacial score (nSPS) is 38.0. The molecule has 0 N–H and O–H groups in total. The van der Waals surface area contributed by atoms with Crippen molar-refractivity contribution in [3.8, 4) is 0 Å². The Labute approximate surface area is 496 Å². The molecule has 82 heavy (non-hydrogen) atoms. The molecule has 13 rings (SSSR count). The van der Waals surface area contributed by atoms with E-state index in [2.05, 4.69) is 164 Å². The molecule has 0 radical (unpaired) electrons. The molecule has 4 nitrogen and oxygen atoms in total. The Hall–Kier alpha value is -4.48. The summed E-state index contributed by atoms with van der Waals surface area (Å²) in [6, 6.07) is 3.26. The fourth-order valence-electron chi connectivity index (χ4n) is 19.3. The molecule has 0 aromatic carbocycles. The van der Waals surface area contributed by atoms with Crippen molar-refractivity contribution < 1.29 is 9.47 Å². The highest BCUT2D eigenvalue weighted by Crippen LogP contribution is 2.67. The Morgan fingerprint density at radius 1 is 0.671 bits per heavy atom. The van der Waals surface area contributed by atoms with Crippen LogP contribution in [0.5, 0.6) is 0 Å². The van der Waals surface area contributed by atoms with E-state index in [0.717, 1.165) is 51.4 Å². The summed E-state index contributed by atoms with van der Waals surface area (Å²) in [7, 11) is 0. The molecule has 4 heteroatoms. The van der Waals surface area contributed by atoms with E-state index in [9.17, 15) is 0 Å². The third-order valence-corrected chi connectivity index (χ3v) is 23.3. The molecular weight excluding hydrogens is 997 g/mol. The van der Waals surface area contributed by atoms with Crippen LogP contribution in [0.15, 0.2) is 191 Å². The maximum absolute atomic E-state index is 7.14. The first-order valence-corrected chi connectivity index (χ1v) is 34.3. The van der Waals surface area contributed by atoms with Crippen molar-refractivity contribution in [2.45, 2.75) is 248 Å². The minimum Gasteiger partial charge on any atom is -0.494 e. The predicted octanol–water partition coefficient (Wildman–Crippen LogP) is 19.2. The highest BCUT2D eigenvalue weighted by Gasteiger charge is 2.59. The molecule has 14 atom stereocenters. The van der Waals surface area contributed by atoms with Crippen molar-refractivity contribution in [3.05, 3.63) is 191 Å². The molecule has 1 heterocycles. The van der Waals surface area contributed by atoms with Gasteiger partial charge in [0.25, 0.3) is 0 Å². The van der Waals surface area contributed by atoms with Crippen molar-refractivity contribution in [2.24, 2.45) is 40.9 Å². The van der Waals surface area contributed by atoms with E-state index < -0.39 is 0 Å². The first-order chi connectivity index (χ1) is 40.5. The lowest BCUT2D eigenvalue weighted by atomic mass is 9.54.